The molecule has 0 bridgehead atoms. The van der Waals surface area contributed by atoms with Crippen LogP contribution >= 0.6 is 0 Å². The van der Waals surface area contributed by atoms with Crippen molar-refractivity contribution in [3.05, 3.63) is 89.7 Å². The van der Waals surface area contributed by atoms with Crippen LogP contribution < -0.4 is 9.47 Å². The molecule has 0 saturated heterocycles. The summed E-state index contributed by atoms with van der Waals surface area (Å²) in [5, 5.41) is 10.5. The van der Waals surface area contributed by atoms with Crippen molar-refractivity contribution in [3.63, 3.8) is 0 Å². The van der Waals surface area contributed by atoms with Gasteiger partial charge in [0.1, 0.15) is 24.2 Å². The predicted molar refractivity (Wildman–Crippen MR) is 92.1 cm³/mol. The van der Waals surface area contributed by atoms with Crippen molar-refractivity contribution < 1.29 is 14.6 Å². The number of aromatic nitrogens is 1. The fourth-order valence-corrected chi connectivity index (χ4v) is 2.40. The summed E-state index contributed by atoms with van der Waals surface area (Å²) in [6, 6.07) is 18.8. The summed E-state index contributed by atoms with van der Waals surface area (Å²) in [7, 11) is 1.64. The third-order valence-corrected chi connectivity index (χ3v) is 3.76. The molecule has 1 atom stereocenters. The third kappa shape index (κ3) is 3.91. The molecule has 24 heavy (non-hydrogen) atoms. The van der Waals surface area contributed by atoms with Crippen molar-refractivity contribution in [2.45, 2.75) is 12.7 Å². The van der Waals surface area contributed by atoms with E-state index >= 15 is 0 Å². The van der Waals surface area contributed by atoms with Crippen LogP contribution in [-0.2, 0) is 6.61 Å². The van der Waals surface area contributed by atoms with E-state index in [2.05, 4.69) is 4.98 Å². The van der Waals surface area contributed by atoms with E-state index < -0.39 is 6.10 Å². The molecule has 3 aromatic rings. The van der Waals surface area contributed by atoms with Gasteiger partial charge in [0, 0.05) is 12.4 Å². The van der Waals surface area contributed by atoms with E-state index in [1.54, 1.807) is 31.6 Å². The van der Waals surface area contributed by atoms with Gasteiger partial charge in [-0.15, -0.1) is 0 Å². The number of methoxy groups -OCH3 is 1. The molecule has 1 N–H and O–H groups in total. The van der Waals surface area contributed by atoms with E-state index in [1.165, 1.54) is 0 Å². The van der Waals surface area contributed by atoms with Crippen LogP contribution in [0.5, 0.6) is 11.5 Å². The van der Waals surface area contributed by atoms with Crippen LogP contribution in [0.2, 0.25) is 0 Å². The number of aliphatic hydroxyl groups excluding tert-OH is 1. The largest absolute Gasteiger partial charge is 0.497 e. The summed E-state index contributed by atoms with van der Waals surface area (Å²) in [5.41, 5.74) is 2.64. The van der Waals surface area contributed by atoms with Gasteiger partial charge in [-0.25, -0.2) is 0 Å². The van der Waals surface area contributed by atoms with Crippen molar-refractivity contribution in [2.24, 2.45) is 0 Å². The number of aliphatic hydroxyl groups is 1. The maximum absolute atomic E-state index is 10.5. The minimum absolute atomic E-state index is 0.457. The first-order chi connectivity index (χ1) is 11.8. The summed E-state index contributed by atoms with van der Waals surface area (Å²) < 4.78 is 11.0. The van der Waals surface area contributed by atoms with Gasteiger partial charge in [-0.3, -0.25) is 4.98 Å². The average molecular weight is 321 g/mol. The Bertz CT molecular complexity index is 772. The van der Waals surface area contributed by atoms with Crippen LogP contribution in [0.15, 0.2) is 73.1 Å². The smallest absolute Gasteiger partial charge is 0.120 e. The van der Waals surface area contributed by atoms with Crippen LogP contribution in [-0.4, -0.2) is 17.2 Å². The first-order valence-electron chi connectivity index (χ1n) is 7.70. The van der Waals surface area contributed by atoms with Crippen LogP contribution in [0.4, 0.5) is 0 Å². The topological polar surface area (TPSA) is 51.6 Å². The zero-order valence-electron chi connectivity index (χ0n) is 13.4. The number of nitrogens with zero attached hydrogens (tertiary/aromatic N) is 1. The molecule has 3 rings (SSSR count). The minimum atomic E-state index is -0.697. The fourth-order valence-electron chi connectivity index (χ4n) is 2.40. The molecule has 0 aliphatic rings. The van der Waals surface area contributed by atoms with E-state index in [4.69, 9.17) is 9.47 Å². The summed E-state index contributed by atoms with van der Waals surface area (Å²) in [6.07, 6.45) is 2.64. The maximum Gasteiger partial charge on any atom is 0.120 e. The van der Waals surface area contributed by atoms with Gasteiger partial charge in [0.2, 0.25) is 0 Å². The average Bonchev–Trinajstić information content (AvgIpc) is 2.67. The second-order valence-corrected chi connectivity index (χ2v) is 5.39. The van der Waals surface area contributed by atoms with Gasteiger partial charge in [0.15, 0.2) is 0 Å². The Balaban J connectivity index is 1.68. The quantitative estimate of drug-likeness (QED) is 0.751. The normalized spacial score (nSPS) is 11.8. The van der Waals surface area contributed by atoms with Crippen molar-refractivity contribution >= 4 is 0 Å². The minimum Gasteiger partial charge on any atom is -0.497 e. The van der Waals surface area contributed by atoms with E-state index in [1.807, 2.05) is 48.5 Å². The number of hydrogen-bond donors (Lipinski definition) is 1. The summed E-state index contributed by atoms with van der Waals surface area (Å²) in [6.45, 7) is 0.457. The maximum atomic E-state index is 10.5. The van der Waals surface area contributed by atoms with Gasteiger partial charge in [0.05, 0.1) is 7.11 Å². The lowest BCUT2D eigenvalue weighted by Crippen LogP contribution is -2.01. The van der Waals surface area contributed by atoms with Gasteiger partial charge >= 0.3 is 0 Å². The molecule has 4 nitrogen and oxygen atoms in total. The monoisotopic (exact) mass is 321 g/mol. The Morgan fingerprint density at radius 1 is 0.917 bits per heavy atom. The number of benzene rings is 2. The first-order valence-corrected chi connectivity index (χ1v) is 7.70. The van der Waals surface area contributed by atoms with Gasteiger partial charge in [-0.1, -0.05) is 24.3 Å². The lowest BCUT2D eigenvalue weighted by molar-refractivity contribution is 0.219. The number of rotatable bonds is 6. The molecule has 1 unspecified atom stereocenters. The Kier molecular flexibility index (Phi) is 5.08. The van der Waals surface area contributed by atoms with E-state index in [-0.39, 0.29) is 0 Å². The molecule has 2 aromatic carbocycles. The van der Waals surface area contributed by atoms with E-state index in [0.717, 1.165) is 28.2 Å². The van der Waals surface area contributed by atoms with E-state index in [9.17, 15) is 5.11 Å². The fraction of sp³-hybridized carbons (Fsp3) is 0.150. The first kappa shape index (κ1) is 16.0. The molecule has 1 aromatic heterocycles. The second kappa shape index (κ2) is 7.62. The molecular weight excluding hydrogens is 302 g/mol. The molecule has 0 amide bonds. The molecule has 0 fully saturated rings. The molecule has 4 heteroatoms. The van der Waals surface area contributed by atoms with E-state index in [0.29, 0.717) is 6.61 Å². The second-order valence-electron chi connectivity index (χ2n) is 5.39. The summed E-state index contributed by atoms with van der Waals surface area (Å²) >= 11 is 0. The van der Waals surface area contributed by atoms with Crippen molar-refractivity contribution in [3.8, 4) is 11.5 Å². The highest BCUT2D eigenvalue weighted by Crippen LogP contribution is 2.25. The Morgan fingerprint density at radius 3 is 2.38 bits per heavy atom. The highest BCUT2D eigenvalue weighted by molar-refractivity contribution is 5.35. The number of hydrogen-bond acceptors (Lipinski definition) is 4. The number of ether oxygens (including phenoxy) is 2. The van der Waals surface area contributed by atoms with Crippen LogP contribution in [0, 0.1) is 0 Å². The van der Waals surface area contributed by atoms with Crippen LogP contribution in [0.3, 0.4) is 0 Å². The SMILES string of the molecule is COc1ccc(COc2cccc(C(O)c3ccncc3)c2)cc1. The lowest BCUT2D eigenvalue weighted by atomic mass is 10.0. The summed E-state index contributed by atoms with van der Waals surface area (Å²) in [4.78, 5) is 3.97. The van der Waals surface area contributed by atoms with Crippen molar-refractivity contribution in [2.75, 3.05) is 7.11 Å². The highest BCUT2D eigenvalue weighted by atomic mass is 16.5. The highest BCUT2D eigenvalue weighted by Gasteiger charge is 2.11. The van der Waals surface area contributed by atoms with Gasteiger partial charge in [-0.05, 0) is 53.1 Å². The molecule has 0 radical (unpaired) electrons. The zero-order valence-corrected chi connectivity index (χ0v) is 13.4. The van der Waals surface area contributed by atoms with Gasteiger partial charge < -0.3 is 14.6 Å². The van der Waals surface area contributed by atoms with Crippen LogP contribution in [0.1, 0.15) is 22.8 Å². The number of pyridine rings is 1. The van der Waals surface area contributed by atoms with Crippen molar-refractivity contribution in [1.29, 1.82) is 0 Å². The standard InChI is InChI=1S/C20H19NO3/c1-23-18-7-5-15(6-8-18)14-24-19-4-2-3-17(13-19)20(22)16-9-11-21-12-10-16/h2-13,20,22H,14H2,1H3. The molecule has 0 spiro atoms. The van der Waals surface area contributed by atoms with Crippen molar-refractivity contribution in [1.82, 2.24) is 4.98 Å². The molecule has 122 valence electrons. The Labute approximate surface area is 141 Å². The Morgan fingerprint density at radius 2 is 1.67 bits per heavy atom. The molecule has 1 heterocycles. The summed E-state index contributed by atoms with van der Waals surface area (Å²) in [5.74, 6) is 1.54. The molecule has 0 aliphatic heterocycles. The predicted octanol–water partition coefficient (Wildman–Crippen LogP) is 3.75. The Hall–Kier alpha value is -2.85. The third-order valence-electron chi connectivity index (χ3n) is 3.76. The zero-order chi connectivity index (χ0) is 16.8. The molecular formula is C20H19NO3. The molecule has 0 saturated carbocycles. The lowest BCUT2D eigenvalue weighted by Gasteiger charge is -2.13. The van der Waals surface area contributed by atoms with Crippen LogP contribution in [0.25, 0.3) is 0 Å². The van der Waals surface area contributed by atoms with Gasteiger partial charge in [-0.2, -0.15) is 0 Å². The molecule has 0 aliphatic carbocycles. The van der Waals surface area contributed by atoms with Gasteiger partial charge in [0.25, 0.3) is 0 Å².